The van der Waals surface area contributed by atoms with Crippen molar-refractivity contribution in [3.63, 3.8) is 0 Å². The van der Waals surface area contributed by atoms with Gasteiger partial charge in [0.25, 0.3) is 0 Å². The molecule has 0 amide bonds. The van der Waals surface area contributed by atoms with Crippen LogP contribution in [0.15, 0.2) is 47.7 Å². The minimum absolute atomic E-state index is 0.0838. The Morgan fingerprint density at radius 1 is 0.589 bits per heavy atom. The van der Waals surface area contributed by atoms with Crippen molar-refractivity contribution in [3.05, 3.63) is 53.3 Å². The van der Waals surface area contributed by atoms with Gasteiger partial charge in [0.05, 0.1) is 58.6 Å². The van der Waals surface area contributed by atoms with Crippen LogP contribution in [0.1, 0.15) is 174 Å². The molecule has 0 saturated heterocycles. The molecule has 1 aromatic carbocycles. The second-order valence-corrected chi connectivity index (χ2v) is 15.5. The van der Waals surface area contributed by atoms with Crippen LogP contribution >= 0.6 is 0 Å². The van der Waals surface area contributed by atoms with Gasteiger partial charge in [-0.25, -0.2) is 0 Å². The first kappa shape index (κ1) is 60.2. The zero-order valence-electron chi connectivity index (χ0n) is 40.2. The van der Waals surface area contributed by atoms with E-state index in [2.05, 4.69) is 62.3 Å². The standard InChI is InChI=1S/C39H62O7.5C2H6/c1-10-20-39(31(3)4,30-46-35-18-14-33(22-41)15-19-35)29-44-26-37(7,8)24-42-23-36(5,6)25-43-27-38(9,11-2)28-45-34-16-12-32(21-40)13-17-34;5*1-2/h12-14,16-18,21-22,31H,10-11,15,19-20,23-30H2,1-9H3;5*1-2H3. The number of benzene rings is 1. The molecule has 0 bridgehead atoms. The molecular formula is C49H92O7. The fraction of sp³-hybridized carbons (Fsp3) is 0.755. The molecule has 0 aliphatic heterocycles. The number of ether oxygens (including phenoxy) is 5. The van der Waals surface area contributed by atoms with Crippen LogP contribution in [0, 0.1) is 27.6 Å². The zero-order chi connectivity index (χ0) is 44.3. The molecule has 0 aromatic heterocycles. The molecule has 56 heavy (non-hydrogen) atoms. The van der Waals surface area contributed by atoms with Gasteiger partial charge in [-0.15, -0.1) is 0 Å². The van der Waals surface area contributed by atoms with Gasteiger partial charge < -0.3 is 23.7 Å². The van der Waals surface area contributed by atoms with Crippen molar-refractivity contribution in [2.24, 2.45) is 27.6 Å². The van der Waals surface area contributed by atoms with E-state index in [4.69, 9.17) is 23.7 Å². The lowest BCUT2D eigenvalue weighted by molar-refractivity contribution is -0.105. The highest BCUT2D eigenvalue weighted by atomic mass is 16.5. The lowest BCUT2D eigenvalue weighted by atomic mass is 9.75. The minimum Gasteiger partial charge on any atom is -0.497 e. The van der Waals surface area contributed by atoms with Gasteiger partial charge >= 0.3 is 0 Å². The summed E-state index contributed by atoms with van der Waals surface area (Å²) in [5, 5.41) is 0. The molecule has 0 radical (unpaired) electrons. The number of hydrogen-bond acceptors (Lipinski definition) is 7. The highest BCUT2D eigenvalue weighted by molar-refractivity contribution is 5.75. The van der Waals surface area contributed by atoms with Crippen LogP contribution in [0.2, 0.25) is 0 Å². The summed E-state index contributed by atoms with van der Waals surface area (Å²) in [7, 11) is 0. The van der Waals surface area contributed by atoms with E-state index in [0.29, 0.717) is 64.3 Å². The maximum Gasteiger partial charge on any atom is 0.150 e. The summed E-state index contributed by atoms with van der Waals surface area (Å²) in [6.07, 6.45) is 10.1. The Balaban J connectivity index is -0.00000125. The molecular weight excluding hydrogens is 701 g/mol. The van der Waals surface area contributed by atoms with E-state index in [-0.39, 0.29) is 21.7 Å². The monoisotopic (exact) mass is 793 g/mol. The van der Waals surface area contributed by atoms with Crippen LogP contribution in [0.25, 0.3) is 0 Å². The van der Waals surface area contributed by atoms with Crippen LogP contribution in [0.4, 0.5) is 0 Å². The zero-order valence-corrected chi connectivity index (χ0v) is 40.2. The predicted molar refractivity (Wildman–Crippen MR) is 242 cm³/mol. The molecule has 0 saturated carbocycles. The quantitative estimate of drug-likeness (QED) is 0.0964. The number of allylic oxidation sites excluding steroid dienone is 4. The number of aldehydes is 2. The van der Waals surface area contributed by atoms with Crippen molar-refractivity contribution in [2.45, 2.75) is 164 Å². The smallest absolute Gasteiger partial charge is 0.150 e. The molecule has 0 heterocycles. The van der Waals surface area contributed by atoms with Gasteiger partial charge in [-0.2, -0.15) is 0 Å². The summed E-state index contributed by atoms with van der Waals surface area (Å²) in [5.74, 6) is 2.10. The van der Waals surface area contributed by atoms with Gasteiger partial charge in [0.1, 0.15) is 18.3 Å². The number of rotatable bonds is 24. The molecule has 0 fully saturated rings. The van der Waals surface area contributed by atoms with Gasteiger partial charge in [0.15, 0.2) is 0 Å². The maximum atomic E-state index is 11.0. The first-order valence-electron chi connectivity index (χ1n) is 22.1. The Morgan fingerprint density at radius 3 is 1.46 bits per heavy atom. The first-order valence-corrected chi connectivity index (χ1v) is 22.1. The summed E-state index contributed by atoms with van der Waals surface area (Å²) in [5.41, 5.74) is 0.963. The lowest BCUT2D eigenvalue weighted by Crippen LogP contribution is -2.39. The molecule has 1 aliphatic carbocycles. The average Bonchev–Trinajstić information content (AvgIpc) is 3.22. The van der Waals surface area contributed by atoms with E-state index in [0.717, 1.165) is 61.8 Å². The van der Waals surface area contributed by atoms with E-state index in [9.17, 15) is 9.59 Å². The minimum atomic E-state index is -0.142. The molecule has 2 unspecified atom stereocenters. The Kier molecular flexibility index (Phi) is 38.3. The topological polar surface area (TPSA) is 80.3 Å². The first-order chi connectivity index (χ1) is 26.7. The van der Waals surface area contributed by atoms with E-state index in [1.807, 2.05) is 93.5 Å². The molecule has 0 spiro atoms. The van der Waals surface area contributed by atoms with Crippen molar-refractivity contribution in [3.8, 4) is 5.75 Å². The van der Waals surface area contributed by atoms with E-state index < -0.39 is 0 Å². The number of carbonyl (C=O) groups is 2. The molecule has 7 heteroatoms. The third-order valence-corrected chi connectivity index (χ3v) is 9.08. The summed E-state index contributed by atoms with van der Waals surface area (Å²) < 4.78 is 31.2. The van der Waals surface area contributed by atoms with Crippen molar-refractivity contribution in [1.29, 1.82) is 0 Å². The van der Waals surface area contributed by atoms with Gasteiger partial charge in [-0.05, 0) is 61.1 Å². The Morgan fingerprint density at radius 2 is 1.07 bits per heavy atom. The highest BCUT2D eigenvalue weighted by Crippen LogP contribution is 2.36. The van der Waals surface area contributed by atoms with Crippen molar-refractivity contribution < 1.29 is 33.3 Å². The molecule has 2 atom stereocenters. The highest BCUT2D eigenvalue weighted by Gasteiger charge is 2.36. The largest absolute Gasteiger partial charge is 0.497 e. The van der Waals surface area contributed by atoms with Crippen LogP contribution in [0.5, 0.6) is 5.75 Å². The predicted octanol–water partition coefficient (Wildman–Crippen LogP) is 13.8. The summed E-state index contributed by atoms with van der Waals surface area (Å²) in [6, 6.07) is 7.19. The number of hydrogen-bond donors (Lipinski definition) is 0. The van der Waals surface area contributed by atoms with Crippen LogP contribution in [-0.2, 0) is 23.7 Å². The molecule has 2 rings (SSSR count). The summed E-state index contributed by atoms with van der Waals surface area (Å²) in [4.78, 5) is 22.0. The van der Waals surface area contributed by atoms with Gasteiger partial charge in [0, 0.05) is 33.6 Å². The van der Waals surface area contributed by atoms with Gasteiger partial charge in [0.2, 0.25) is 0 Å². The molecule has 1 aromatic rings. The Bertz CT molecular complexity index is 1120. The van der Waals surface area contributed by atoms with Crippen molar-refractivity contribution >= 4 is 12.6 Å². The third-order valence-electron chi connectivity index (χ3n) is 9.08. The van der Waals surface area contributed by atoms with E-state index in [1.165, 1.54) is 0 Å². The maximum absolute atomic E-state index is 11.0. The molecule has 1 aliphatic rings. The van der Waals surface area contributed by atoms with Gasteiger partial charge in [-0.1, -0.05) is 144 Å². The normalized spacial score (nSPS) is 14.2. The fourth-order valence-electron chi connectivity index (χ4n) is 5.33. The van der Waals surface area contributed by atoms with Crippen LogP contribution in [0.3, 0.4) is 0 Å². The molecule has 7 nitrogen and oxygen atoms in total. The number of carbonyl (C=O) groups excluding carboxylic acids is 2. The van der Waals surface area contributed by atoms with Gasteiger partial charge in [-0.3, -0.25) is 9.59 Å². The summed E-state index contributed by atoms with van der Waals surface area (Å²) >= 11 is 0. The second kappa shape index (κ2) is 35.7. The fourth-order valence-corrected chi connectivity index (χ4v) is 5.33. The Labute approximate surface area is 348 Å². The van der Waals surface area contributed by atoms with Crippen LogP contribution < -0.4 is 4.74 Å². The third kappa shape index (κ3) is 26.4. The van der Waals surface area contributed by atoms with Crippen molar-refractivity contribution in [2.75, 3.05) is 52.9 Å². The van der Waals surface area contributed by atoms with Crippen LogP contribution in [-0.4, -0.2) is 65.4 Å². The molecule has 330 valence electrons. The average molecular weight is 793 g/mol. The Hall–Kier alpha value is -2.48. The summed E-state index contributed by atoms with van der Waals surface area (Å²) in [6.45, 7) is 44.5. The van der Waals surface area contributed by atoms with E-state index in [1.54, 1.807) is 12.1 Å². The second-order valence-electron chi connectivity index (χ2n) is 15.5. The SMILES string of the molecule is CC.CC.CC.CC.CC.CCCC(COCC(C)(C)COCC(C)(C)COCC(C)(CC)COc1ccc(C=O)cc1)(COC1=CC=C(C=O)CC1)C(C)C. The molecule has 0 N–H and O–H groups in total. The van der Waals surface area contributed by atoms with E-state index >= 15 is 0 Å². The van der Waals surface area contributed by atoms with Crippen molar-refractivity contribution in [1.82, 2.24) is 0 Å². The lowest BCUT2D eigenvalue weighted by Gasteiger charge is -2.38.